The van der Waals surface area contributed by atoms with Gasteiger partial charge in [0, 0.05) is 20.2 Å². The largest absolute Gasteiger partial charge is 0.493 e. The van der Waals surface area contributed by atoms with E-state index in [4.69, 9.17) is 19.2 Å². The van der Waals surface area contributed by atoms with E-state index in [-0.39, 0.29) is 5.60 Å². The van der Waals surface area contributed by atoms with Gasteiger partial charge in [-0.05, 0) is 64.2 Å². The zero-order valence-corrected chi connectivity index (χ0v) is 17.4. The first-order valence-corrected chi connectivity index (χ1v) is 9.88. The predicted molar refractivity (Wildman–Crippen MR) is 110 cm³/mol. The average Bonchev–Trinajstić information content (AvgIpc) is 3.17. The molecule has 2 N–H and O–H groups in total. The Bertz CT molecular complexity index is 611. The molecule has 1 aliphatic rings. The quantitative estimate of drug-likeness (QED) is 0.509. The lowest BCUT2D eigenvalue weighted by atomic mass is 10.1. The Kier molecular flexibility index (Phi) is 8.23. The van der Waals surface area contributed by atoms with Crippen molar-refractivity contribution in [3.63, 3.8) is 0 Å². The van der Waals surface area contributed by atoms with Crippen molar-refractivity contribution in [1.29, 1.82) is 0 Å². The SMILES string of the molecule is CCNC(=NCc1ccc(OC)c(OC2CCCC2)c1)NCC(C)(C)OC. The van der Waals surface area contributed by atoms with Crippen LogP contribution in [0.3, 0.4) is 0 Å². The number of ether oxygens (including phenoxy) is 3. The van der Waals surface area contributed by atoms with Gasteiger partial charge in [0.2, 0.25) is 0 Å². The third kappa shape index (κ3) is 6.94. The highest BCUT2D eigenvalue weighted by atomic mass is 16.5. The van der Waals surface area contributed by atoms with E-state index in [1.807, 2.05) is 32.0 Å². The monoisotopic (exact) mass is 377 g/mol. The summed E-state index contributed by atoms with van der Waals surface area (Å²) in [5, 5.41) is 6.61. The lowest BCUT2D eigenvalue weighted by Crippen LogP contribution is -2.45. The second kappa shape index (κ2) is 10.4. The number of nitrogens with zero attached hydrogens (tertiary/aromatic N) is 1. The van der Waals surface area contributed by atoms with E-state index < -0.39 is 0 Å². The molecule has 0 heterocycles. The summed E-state index contributed by atoms with van der Waals surface area (Å²) in [6.07, 6.45) is 5.02. The summed E-state index contributed by atoms with van der Waals surface area (Å²) in [6.45, 7) is 8.18. The molecule has 0 radical (unpaired) electrons. The van der Waals surface area contributed by atoms with Gasteiger partial charge in [0.05, 0.1) is 25.4 Å². The van der Waals surface area contributed by atoms with Crippen LogP contribution >= 0.6 is 0 Å². The Morgan fingerprint density at radius 2 is 1.89 bits per heavy atom. The van der Waals surface area contributed by atoms with Gasteiger partial charge in [-0.15, -0.1) is 0 Å². The van der Waals surface area contributed by atoms with Crippen LogP contribution in [-0.4, -0.2) is 45.0 Å². The summed E-state index contributed by atoms with van der Waals surface area (Å²) < 4.78 is 17.1. The molecule has 2 rings (SSSR count). The molecule has 0 aromatic heterocycles. The molecule has 152 valence electrons. The van der Waals surface area contributed by atoms with Crippen molar-refractivity contribution in [2.45, 2.75) is 64.7 Å². The third-order valence-corrected chi connectivity index (χ3v) is 4.82. The summed E-state index contributed by atoms with van der Waals surface area (Å²) in [6, 6.07) is 6.04. The van der Waals surface area contributed by atoms with Crippen molar-refractivity contribution in [3.8, 4) is 11.5 Å². The average molecular weight is 378 g/mol. The minimum absolute atomic E-state index is 0.251. The number of hydrogen-bond donors (Lipinski definition) is 2. The number of hydrogen-bond acceptors (Lipinski definition) is 4. The number of aliphatic imine (C=N–C) groups is 1. The maximum absolute atomic E-state index is 6.18. The Morgan fingerprint density at radius 3 is 2.52 bits per heavy atom. The smallest absolute Gasteiger partial charge is 0.191 e. The molecule has 1 aromatic carbocycles. The van der Waals surface area contributed by atoms with Gasteiger partial charge in [-0.25, -0.2) is 4.99 Å². The van der Waals surface area contributed by atoms with Gasteiger partial charge >= 0.3 is 0 Å². The van der Waals surface area contributed by atoms with Gasteiger partial charge in [0.25, 0.3) is 0 Å². The topological polar surface area (TPSA) is 64.1 Å². The normalized spacial score (nSPS) is 15.7. The number of benzene rings is 1. The Labute approximate surface area is 163 Å². The minimum Gasteiger partial charge on any atom is -0.493 e. The number of methoxy groups -OCH3 is 2. The van der Waals surface area contributed by atoms with E-state index in [0.717, 1.165) is 42.4 Å². The summed E-state index contributed by atoms with van der Waals surface area (Å²) >= 11 is 0. The molecule has 0 amide bonds. The standard InChI is InChI=1S/C21H35N3O3/c1-6-22-20(24-15-21(2,3)26-5)23-14-16-11-12-18(25-4)19(13-16)27-17-9-7-8-10-17/h11-13,17H,6-10,14-15H2,1-5H3,(H2,22,23,24). The van der Waals surface area contributed by atoms with Gasteiger partial charge in [0.1, 0.15) is 0 Å². The fourth-order valence-corrected chi connectivity index (χ4v) is 2.98. The van der Waals surface area contributed by atoms with Gasteiger partial charge in [0.15, 0.2) is 17.5 Å². The second-order valence-corrected chi connectivity index (χ2v) is 7.52. The maximum Gasteiger partial charge on any atom is 0.191 e. The first kappa shape index (κ1) is 21.4. The molecule has 1 saturated carbocycles. The molecule has 1 fully saturated rings. The molecule has 6 heteroatoms. The van der Waals surface area contributed by atoms with E-state index >= 15 is 0 Å². The first-order chi connectivity index (χ1) is 13.0. The van der Waals surface area contributed by atoms with Crippen LogP contribution in [0.15, 0.2) is 23.2 Å². The predicted octanol–water partition coefficient (Wildman–Crippen LogP) is 3.50. The zero-order valence-electron chi connectivity index (χ0n) is 17.4. The molecule has 0 spiro atoms. The highest BCUT2D eigenvalue weighted by Crippen LogP contribution is 2.32. The molecule has 27 heavy (non-hydrogen) atoms. The summed E-state index contributed by atoms with van der Waals surface area (Å²) in [5.41, 5.74) is 0.838. The Balaban J connectivity index is 2.05. The highest BCUT2D eigenvalue weighted by molar-refractivity contribution is 5.79. The molecule has 0 saturated heterocycles. The lowest BCUT2D eigenvalue weighted by Gasteiger charge is -2.24. The fraction of sp³-hybridized carbons (Fsp3) is 0.667. The van der Waals surface area contributed by atoms with Crippen molar-refractivity contribution in [2.75, 3.05) is 27.3 Å². The molecular formula is C21H35N3O3. The summed E-state index contributed by atoms with van der Waals surface area (Å²) in [5.74, 6) is 2.37. The van der Waals surface area contributed by atoms with E-state index in [1.165, 1.54) is 12.8 Å². The molecule has 6 nitrogen and oxygen atoms in total. The first-order valence-electron chi connectivity index (χ1n) is 9.88. The van der Waals surface area contributed by atoms with E-state index in [2.05, 4.69) is 17.6 Å². The maximum atomic E-state index is 6.18. The Hall–Kier alpha value is -1.95. The van der Waals surface area contributed by atoms with Crippen LogP contribution < -0.4 is 20.1 Å². The van der Waals surface area contributed by atoms with Crippen LogP contribution in [0.4, 0.5) is 0 Å². The molecule has 0 atom stereocenters. The molecule has 0 aliphatic heterocycles. The van der Waals surface area contributed by atoms with E-state index in [0.29, 0.717) is 19.2 Å². The molecule has 0 bridgehead atoms. The minimum atomic E-state index is -0.251. The van der Waals surface area contributed by atoms with Crippen molar-refractivity contribution >= 4 is 5.96 Å². The molecular weight excluding hydrogens is 342 g/mol. The number of rotatable bonds is 9. The fourth-order valence-electron chi connectivity index (χ4n) is 2.98. The highest BCUT2D eigenvalue weighted by Gasteiger charge is 2.19. The van der Waals surface area contributed by atoms with Gasteiger partial charge in [-0.1, -0.05) is 6.07 Å². The van der Waals surface area contributed by atoms with Gasteiger partial charge < -0.3 is 24.8 Å². The molecule has 0 unspecified atom stereocenters. The van der Waals surface area contributed by atoms with Crippen LogP contribution in [0.25, 0.3) is 0 Å². The van der Waals surface area contributed by atoms with Crippen molar-refractivity contribution in [2.24, 2.45) is 4.99 Å². The zero-order chi connectivity index (χ0) is 19.7. The molecule has 1 aliphatic carbocycles. The summed E-state index contributed by atoms with van der Waals surface area (Å²) in [4.78, 5) is 4.69. The number of guanidine groups is 1. The van der Waals surface area contributed by atoms with Crippen LogP contribution in [-0.2, 0) is 11.3 Å². The van der Waals surface area contributed by atoms with Crippen LogP contribution in [0.5, 0.6) is 11.5 Å². The lowest BCUT2D eigenvalue weighted by molar-refractivity contribution is 0.0268. The van der Waals surface area contributed by atoms with E-state index in [9.17, 15) is 0 Å². The van der Waals surface area contributed by atoms with Crippen LogP contribution in [0.2, 0.25) is 0 Å². The van der Waals surface area contributed by atoms with Gasteiger partial charge in [-0.3, -0.25) is 0 Å². The van der Waals surface area contributed by atoms with E-state index in [1.54, 1.807) is 14.2 Å². The third-order valence-electron chi connectivity index (χ3n) is 4.82. The number of nitrogens with one attached hydrogen (secondary N) is 2. The molecule has 1 aromatic rings. The van der Waals surface area contributed by atoms with Crippen molar-refractivity contribution in [3.05, 3.63) is 23.8 Å². The Morgan fingerprint density at radius 1 is 1.15 bits per heavy atom. The second-order valence-electron chi connectivity index (χ2n) is 7.52. The van der Waals surface area contributed by atoms with Gasteiger partial charge in [-0.2, -0.15) is 0 Å². The summed E-state index contributed by atoms with van der Waals surface area (Å²) in [7, 11) is 3.40. The van der Waals surface area contributed by atoms with Crippen molar-refractivity contribution in [1.82, 2.24) is 10.6 Å². The van der Waals surface area contributed by atoms with Crippen molar-refractivity contribution < 1.29 is 14.2 Å². The van der Waals surface area contributed by atoms with Crippen LogP contribution in [0, 0.1) is 0 Å². The van der Waals surface area contributed by atoms with Crippen LogP contribution in [0.1, 0.15) is 52.0 Å².